The molecule has 6 heteroatoms. The van der Waals surface area contributed by atoms with Crippen LogP contribution in [0.5, 0.6) is 0 Å². The van der Waals surface area contributed by atoms with Crippen molar-refractivity contribution in [2.75, 3.05) is 33.9 Å². The molecule has 0 aromatic carbocycles. The van der Waals surface area contributed by atoms with E-state index >= 15 is 0 Å². The van der Waals surface area contributed by atoms with Crippen molar-refractivity contribution < 1.29 is 23.8 Å². The molecule has 0 spiro atoms. The van der Waals surface area contributed by atoms with Crippen LogP contribution in [0.25, 0.3) is 0 Å². The van der Waals surface area contributed by atoms with Gasteiger partial charge >= 0.3 is 5.97 Å². The highest BCUT2D eigenvalue weighted by molar-refractivity contribution is 5.80. The summed E-state index contributed by atoms with van der Waals surface area (Å²) in [6.07, 6.45) is -0.407. The standard InChI is InChI=1S/C12H21NO5/c1-12(2,17-4)7-10(14)13-5-6-18-9(8-13)11(15)16-3/h9H,5-8H2,1-4H3. The third kappa shape index (κ3) is 3.96. The topological polar surface area (TPSA) is 65.1 Å². The number of nitrogens with zero attached hydrogens (tertiary/aromatic N) is 1. The lowest BCUT2D eigenvalue weighted by Crippen LogP contribution is -2.50. The molecule has 0 radical (unpaired) electrons. The molecule has 1 atom stereocenters. The molecule has 1 aliphatic heterocycles. The average molecular weight is 259 g/mol. The molecule has 0 saturated carbocycles. The summed E-state index contributed by atoms with van der Waals surface area (Å²) in [5, 5.41) is 0. The second-order valence-corrected chi connectivity index (χ2v) is 4.86. The van der Waals surface area contributed by atoms with Crippen molar-refractivity contribution in [1.29, 1.82) is 0 Å². The number of methoxy groups -OCH3 is 2. The van der Waals surface area contributed by atoms with Gasteiger partial charge in [-0.2, -0.15) is 0 Å². The third-order valence-corrected chi connectivity index (χ3v) is 3.01. The lowest BCUT2D eigenvalue weighted by Gasteiger charge is -2.33. The predicted octanol–water partition coefficient (Wildman–Crippen LogP) is 0.202. The summed E-state index contributed by atoms with van der Waals surface area (Å²) < 4.78 is 15.1. The van der Waals surface area contributed by atoms with E-state index in [1.165, 1.54) is 7.11 Å². The van der Waals surface area contributed by atoms with Crippen molar-refractivity contribution in [3.63, 3.8) is 0 Å². The molecule has 1 fully saturated rings. The first-order chi connectivity index (χ1) is 8.39. The van der Waals surface area contributed by atoms with E-state index in [2.05, 4.69) is 4.74 Å². The summed E-state index contributed by atoms with van der Waals surface area (Å²) in [7, 11) is 2.88. The molecule has 1 amide bonds. The van der Waals surface area contributed by atoms with Gasteiger partial charge in [-0.25, -0.2) is 4.79 Å². The van der Waals surface area contributed by atoms with E-state index in [4.69, 9.17) is 9.47 Å². The van der Waals surface area contributed by atoms with Crippen molar-refractivity contribution >= 4 is 11.9 Å². The van der Waals surface area contributed by atoms with E-state index in [1.807, 2.05) is 13.8 Å². The number of ether oxygens (including phenoxy) is 3. The second-order valence-electron chi connectivity index (χ2n) is 4.86. The van der Waals surface area contributed by atoms with Crippen molar-refractivity contribution in [1.82, 2.24) is 4.90 Å². The molecule has 1 aliphatic rings. The van der Waals surface area contributed by atoms with Gasteiger partial charge in [0.25, 0.3) is 0 Å². The number of hydrogen-bond donors (Lipinski definition) is 0. The zero-order valence-electron chi connectivity index (χ0n) is 11.4. The Bertz CT molecular complexity index is 316. The van der Waals surface area contributed by atoms with E-state index in [0.29, 0.717) is 13.2 Å². The Balaban J connectivity index is 2.56. The van der Waals surface area contributed by atoms with E-state index < -0.39 is 17.7 Å². The summed E-state index contributed by atoms with van der Waals surface area (Å²) in [4.78, 5) is 25.1. The van der Waals surface area contributed by atoms with Gasteiger partial charge in [0.05, 0.1) is 32.3 Å². The molecule has 1 saturated heterocycles. The lowest BCUT2D eigenvalue weighted by atomic mass is 10.0. The maximum atomic E-state index is 12.1. The Labute approximate surface area is 107 Å². The zero-order chi connectivity index (χ0) is 13.8. The predicted molar refractivity (Wildman–Crippen MR) is 64.0 cm³/mol. The Morgan fingerprint density at radius 1 is 1.39 bits per heavy atom. The van der Waals surface area contributed by atoms with Crippen LogP contribution in [0.1, 0.15) is 20.3 Å². The summed E-state index contributed by atoms with van der Waals surface area (Å²) in [5.74, 6) is -0.488. The number of morpholine rings is 1. The van der Waals surface area contributed by atoms with Crippen molar-refractivity contribution in [2.45, 2.75) is 32.0 Å². The Kier molecular flexibility index (Phi) is 5.10. The molecule has 1 rings (SSSR count). The smallest absolute Gasteiger partial charge is 0.336 e. The van der Waals surface area contributed by atoms with Crippen LogP contribution in [0.2, 0.25) is 0 Å². The number of rotatable bonds is 4. The first-order valence-electron chi connectivity index (χ1n) is 5.92. The van der Waals surface area contributed by atoms with E-state index in [-0.39, 0.29) is 18.9 Å². The minimum atomic E-state index is -0.682. The molecular formula is C12H21NO5. The van der Waals surface area contributed by atoms with Gasteiger partial charge in [-0.1, -0.05) is 0 Å². The molecule has 1 unspecified atom stereocenters. The maximum Gasteiger partial charge on any atom is 0.336 e. The van der Waals surface area contributed by atoms with Crippen LogP contribution in [0.15, 0.2) is 0 Å². The minimum absolute atomic E-state index is 0.0425. The van der Waals surface area contributed by atoms with Gasteiger partial charge in [0.2, 0.25) is 5.91 Å². The van der Waals surface area contributed by atoms with Crippen LogP contribution in [-0.2, 0) is 23.8 Å². The number of amides is 1. The SMILES string of the molecule is COC(=O)C1CN(C(=O)CC(C)(C)OC)CCO1. The first-order valence-corrected chi connectivity index (χ1v) is 5.92. The van der Waals surface area contributed by atoms with Crippen molar-refractivity contribution in [3.8, 4) is 0 Å². The van der Waals surface area contributed by atoms with Crippen LogP contribution in [0.3, 0.4) is 0 Å². The largest absolute Gasteiger partial charge is 0.467 e. The van der Waals surface area contributed by atoms with Crippen LogP contribution in [0.4, 0.5) is 0 Å². The highest BCUT2D eigenvalue weighted by Gasteiger charge is 2.32. The van der Waals surface area contributed by atoms with Gasteiger partial charge in [-0.15, -0.1) is 0 Å². The van der Waals surface area contributed by atoms with Crippen LogP contribution >= 0.6 is 0 Å². The van der Waals surface area contributed by atoms with Gasteiger partial charge in [0.1, 0.15) is 0 Å². The zero-order valence-corrected chi connectivity index (χ0v) is 11.4. The Morgan fingerprint density at radius 2 is 2.06 bits per heavy atom. The molecule has 6 nitrogen and oxygen atoms in total. The highest BCUT2D eigenvalue weighted by atomic mass is 16.6. The van der Waals surface area contributed by atoms with Crippen molar-refractivity contribution in [3.05, 3.63) is 0 Å². The fraction of sp³-hybridized carbons (Fsp3) is 0.833. The number of esters is 1. The van der Waals surface area contributed by atoms with Gasteiger partial charge < -0.3 is 19.1 Å². The molecule has 0 aliphatic carbocycles. The van der Waals surface area contributed by atoms with Gasteiger partial charge in [0.15, 0.2) is 6.10 Å². The Morgan fingerprint density at radius 3 is 2.61 bits per heavy atom. The van der Waals surface area contributed by atoms with E-state index in [0.717, 1.165) is 0 Å². The fourth-order valence-electron chi connectivity index (χ4n) is 1.70. The molecule has 0 N–H and O–H groups in total. The number of carbonyl (C=O) groups excluding carboxylic acids is 2. The molecule has 18 heavy (non-hydrogen) atoms. The van der Waals surface area contributed by atoms with Gasteiger partial charge in [-0.05, 0) is 13.8 Å². The van der Waals surface area contributed by atoms with E-state index in [9.17, 15) is 9.59 Å². The third-order valence-electron chi connectivity index (χ3n) is 3.01. The van der Waals surface area contributed by atoms with Gasteiger partial charge in [-0.3, -0.25) is 4.79 Å². The molecule has 0 aromatic rings. The summed E-state index contributed by atoms with van der Waals surface area (Å²) in [6, 6.07) is 0. The summed E-state index contributed by atoms with van der Waals surface area (Å²) in [5.41, 5.74) is -0.504. The van der Waals surface area contributed by atoms with Crippen LogP contribution in [-0.4, -0.2) is 62.4 Å². The summed E-state index contributed by atoms with van der Waals surface area (Å²) in [6.45, 7) is 4.78. The van der Waals surface area contributed by atoms with Gasteiger partial charge in [0, 0.05) is 13.7 Å². The highest BCUT2D eigenvalue weighted by Crippen LogP contribution is 2.16. The second kappa shape index (κ2) is 6.15. The lowest BCUT2D eigenvalue weighted by molar-refractivity contribution is -0.163. The first kappa shape index (κ1) is 14.9. The fourth-order valence-corrected chi connectivity index (χ4v) is 1.70. The van der Waals surface area contributed by atoms with Crippen LogP contribution < -0.4 is 0 Å². The maximum absolute atomic E-state index is 12.1. The quantitative estimate of drug-likeness (QED) is 0.675. The van der Waals surface area contributed by atoms with Crippen LogP contribution in [0, 0.1) is 0 Å². The molecular weight excluding hydrogens is 238 g/mol. The minimum Gasteiger partial charge on any atom is -0.467 e. The number of carbonyl (C=O) groups is 2. The average Bonchev–Trinajstić information content (AvgIpc) is 2.37. The van der Waals surface area contributed by atoms with E-state index in [1.54, 1.807) is 12.0 Å². The molecule has 104 valence electrons. The Hall–Kier alpha value is -1.14. The summed E-state index contributed by atoms with van der Waals surface area (Å²) >= 11 is 0. The molecule has 0 aromatic heterocycles. The van der Waals surface area contributed by atoms with Crippen molar-refractivity contribution in [2.24, 2.45) is 0 Å². The molecule has 0 bridgehead atoms. The number of hydrogen-bond acceptors (Lipinski definition) is 5. The molecule has 1 heterocycles. The normalized spacial score (nSPS) is 20.7. The monoisotopic (exact) mass is 259 g/mol.